The van der Waals surface area contributed by atoms with Crippen LogP contribution in [0.3, 0.4) is 0 Å². The monoisotopic (exact) mass is 178 g/mol. The summed E-state index contributed by atoms with van der Waals surface area (Å²) >= 11 is 0. The SMILES string of the molecule is O=S1(=O)CCCCCC1CO. The van der Waals surface area contributed by atoms with Gasteiger partial charge in [0.15, 0.2) is 9.84 Å². The molecule has 0 radical (unpaired) electrons. The molecular weight excluding hydrogens is 164 g/mol. The van der Waals surface area contributed by atoms with Gasteiger partial charge in [-0.05, 0) is 12.8 Å². The highest BCUT2D eigenvalue weighted by molar-refractivity contribution is 7.92. The summed E-state index contributed by atoms with van der Waals surface area (Å²) in [7, 11) is -2.96. The zero-order chi connectivity index (χ0) is 8.32. The lowest BCUT2D eigenvalue weighted by molar-refractivity contribution is 0.285. The van der Waals surface area contributed by atoms with Crippen LogP contribution in [-0.4, -0.2) is 31.1 Å². The second-order valence-electron chi connectivity index (χ2n) is 3.02. The molecule has 1 fully saturated rings. The Morgan fingerprint density at radius 3 is 2.64 bits per heavy atom. The van der Waals surface area contributed by atoms with Gasteiger partial charge in [-0.25, -0.2) is 8.42 Å². The van der Waals surface area contributed by atoms with Gasteiger partial charge >= 0.3 is 0 Å². The van der Waals surface area contributed by atoms with E-state index in [1.165, 1.54) is 0 Å². The van der Waals surface area contributed by atoms with Crippen molar-refractivity contribution in [3.63, 3.8) is 0 Å². The van der Waals surface area contributed by atoms with E-state index in [4.69, 9.17) is 5.11 Å². The molecule has 0 spiro atoms. The molecule has 11 heavy (non-hydrogen) atoms. The van der Waals surface area contributed by atoms with Crippen LogP contribution in [0, 0.1) is 0 Å². The molecule has 4 heteroatoms. The van der Waals surface area contributed by atoms with E-state index in [2.05, 4.69) is 0 Å². The minimum absolute atomic E-state index is 0.206. The van der Waals surface area contributed by atoms with Gasteiger partial charge in [0.05, 0.1) is 17.6 Å². The summed E-state index contributed by atoms with van der Waals surface area (Å²) in [5.74, 6) is 0.262. The van der Waals surface area contributed by atoms with Gasteiger partial charge in [-0.15, -0.1) is 0 Å². The fourth-order valence-corrected chi connectivity index (χ4v) is 3.10. The number of aliphatic hydroxyl groups is 1. The fourth-order valence-electron chi connectivity index (χ4n) is 1.40. The molecule has 0 aromatic rings. The number of rotatable bonds is 1. The third kappa shape index (κ3) is 2.17. The molecule has 0 aliphatic carbocycles. The molecule has 3 nitrogen and oxygen atoms in total. The molecule has 0 aromatic heterocycles. The van der Waals surface area contributed by atoms with Gasteiger partial charge in [0.1, 0.15) is 0 Å². The van der Waals surface area contributed by atoms with Gasteiger partial charge in [0.25, 0.3) is 0 Å². The summed E-state index contributed by atoms with van der Waals surface area (Å²) in [4.78, 5) is 0. The van der Waals surface area contributed by atoms with Crippen LogP contribution in [0.25, 0.3) is 0 Å². The Hall–Kier alpha value is -0.0900. The van der Waals surface area contributed by atoms with Crippen molar-refractivity contribution in [1.82, 2.24) is 0 Å². The van der Waals surface area contributed by atoms with Crippen LogP contribution in [0.1, 0.15) is 25.7 Å². The van der Waals surface area contributed by atoms with Crippen molar-refractivity contribution in [2.75, 3.05) is 12.4 Å². The average molecular weight is 178 g/mol. The predicted octanol–water partition coefficient (Wildman–Crippen LogP) is 0.336. The second kappa shape index (κ2) is 3.54. The van der Waals surface area contributed by atoms with Crippen LogP contribution in [0.15, 0.2) is 0 Å². The van der Waals surface area contributed by atoms with E-state index in [0.717, 1.165) is 19.3 Å². The molecule has 1 atom stereocenters. The molecular formula is C7H14O3S. The molecule has 0 amide bonds. The van der Waals surface area contributed by atoms with Gasteiger partial charge in [-0.2, -0.15) is 0 Å². The minimum atomic E-state index is -2.96. The van der Waals surface area contributed by atoms with Crippen molar-refractivity contribution in [3.8, 4) is 0 Å². The Kier molecular flexibility index (Phi) is 2.90. The zero-order valence-corrected chi connectivity index (χ0v) is 7.31. The van der Waals surface area contributed by atoms with Crippen molar-refractivity contribution in [2.24, 2.45) is 0 Å². The molecule has 1 aliphatic rings. The van der Waals surface area contributed by atoms with Crippen LogP contribution in [0.5, 0.6) is 0 Å². The summed E-state index contributed by atoms with van der Waals surface area (Å²) in [6.07, 6.45) is 3.32. The molecule has 1 aliphatic heterocycles. The van der Waals surface area contributed by atoms with E-state index in [-0.39, 0.29) is 12.4 Å². The zero-order valence-electron chi connectivity index (χ0n) is 6.49. The first-order valence-corrected chi connectivity index (χ1v) is 5.71. The van der Waals surface area contributed by atoms with Crippen LogP contribution in [0.4, 0.5) is 0 Å². The summed E-state index contributed by atoms with van der Waals surface area (Å²) in [6, 6.07) is 0. The maximum Gasteiger partial charge on any atom is 0.155 e. The molecule has 1 saturated heterocycles. The number of sulfone groups is 1. The molecule has 1 heterocycles. The number of hydrogen-bond donors (Lipinski definition) is 1. The molecule has 1 unspecified atom stereocenters. The predicted molar refractivity (Wildman–Crippen MR) is 43.1 cm³/mol. The highest BCUT2D eigenvalue weighted by Crippen LogP contribution is 2.18. The lowest BCUT2D eigenvalue weighted by Crippen LogP contribution is -2.25. The molecule has 1 N–H and O–H groups in total. The van der Waals surface area contributed by atoms with E-state index in [1.807, 2.05) is 0 Å². The van der Waals surface area contributed by atoms with Crippen molar-refractivity contribution in [2.45, 2.75) is 30.9 Å². The van der Waals surface area contributed by atoms with E-state index in [1.54, 1.807) is 0 Å². The summed E-state index contributed by atoms with van der Waals surface area (Å²) in [5.41, 5.74) is 0. The van der Waals surface area contributed by atoms with Gasteiger partial charge in [0, 0.05) is 0 Å². The van der Waals surface area contributed by atoms with Crippen LogP contribution < -0.4 is 0 Å². The van der Waals surface area contributed by atoms with E-state index >= 15 is 0 Å². The summed E-state index contributed by atoms with van der Waals surface area (Å²) in [5, 5.41) is 8.29. The smallest absolute Gasteiger partial charge is 0.155 e. The molecule has 0 bridgehead atoms. The van der Waals surface area contributed by atoms with Gasteiger partial charge in [0.2, 0.25) is 0 Å². The van der Waals surface area contributed by atoms with Crippen molar-refractivity contribution in [1.29, 1.82) is 0 Å². The highest BCUT2D eigenvalue weighted by Gasteiger charge is 2.25. The first kappa shape index (κ1) is 9.00. The summed E-state index contributed by atoms with van der Waals surface area (Å²) < 4.78 is 22.5. The third-order valence-electron chi connectivity index (χ3n) is 2.17. The van der Waals surface area contributed by atoms with Crippen LogP contribution in [-0.2, 0) is 9.84 Å². The van der Waals surface area contributed by atoms with E-state index < -0.39 is 15.1 Å². The number of aliphatic hydroxyl groups excluding tert-OH is 1. The lowest BCUT2D eigenvalue weighted by Gasteiger charge is -2.09. The van der Waals surface area contributed by atoms with Crippen molar-refractivity contribution >= 4 is 9.84 Å². The lowest BCUT2D eigenvalue weighted by atomic mass is 10.2. The van der Waals surface area contributed by atoms with Crippen molar-refractivity contribution < 1.29 is 13.5 Å². The highest BCUT2D eigenvalue weighted by atomic mass is 32.2. The summed E-state index contributed by atoms with van der Waals surface area (Å²) in [6.45, 7) is -0.206. The minimum Gasteiger partial charge on any atom is -0.395 e. The van der Waals surface area contributed by atoms with Crippen molar-refractivity contribution in [3.05, 3.63) is 0 Å². The first-order chi connectivity index (χ1) is 5.17. The second-order valence-corrected chi connectivity index (χ2v) is 5.42. The Bertz CT molecular complexity index is 208. The fraction of sp³-hybridized carbons (Fsp3) is 1.00. The number of hydrogen-bond acceptors (Lipinski definition) is 3. The van der Waals surface area contributed by atoms with Gasteiger partial charge < -0.3 is 5.11 Å². The largest absolute Gasteiger partial charge is 0.395 e. The first-order valence-electron chi connectivity index (χ1n) is 3.99. The third-order valence-corrected chi connectivity index (χ3v) is 4.42. The molecule has 0 aromatic carbocycles. The Morgan fingerprint density at radius 1 is 1.27 bits per heavy atom. The normalized spacial score (nSPS) is 31.2. The van der Waals surface area contributed by atoms with E-state index in [0.29, 0.717) is 6.42 Å². The Balaban J connectivity index is 2.72. The Labute approximate surface area is 67.3 Å². The average Bonchev–Trinajstić information content (AvgIpc) is 2.10. The maximum absolute atomic E-state index is 11.3. The maximum atomic E-state index is 11.3. The van der Waals surface area contributed by atoms with Gasteiger partial charge in [-0.1, -0.05) is 12.8 Å². The Morgan fingerprint density at radius 2 is 2.00 bits per heavy atom. The topological polar surface area (TPSA) is 54.4 Å². The van der Waals surface area contributed by atoms with Gasteiger partial charge in [-0.3, -0.25) is 0 Å². The molecule has 1 rings (SSSR count). The van der Waals surface area contributed by atoms with Crippen LogP contribution in [0.2, 0.25) is 0 Å². The van der Waals surface area contributed by atoms with E-state index in [9.17, 15) is 8.42 Å². The quantitative estimate of drug-likeness (QED) is 0.629. The standard InChI is InChI=1S/C7H14O3S/c8-6-7-4-2-1-3-5-11(7,9)10/h7-8H,1-6H2. The molecule has 0 saturated carbocycles. The van der Waals surface area contributed by atoms with Crippen LogP contribution >= 0.6 is 0 Å². The molecule has 66 valence electrons.